The molecular formula is C16H27N3O3Si. The number of hydrogen-bond acceptors (Lipinski definition) is 3. The molecule has 0 saturated carbocycles. The highest BCUT2D eigenvalue weighted by Crippen LogP contribution is 2.21. The average Bonchev–Trinajstić information content (AvgIpc) is 2.56. The van der Waals surface area contributed by atoms with Crippen molar-refractivity contribution < 1.29 is 0 Å². The maximum Gasteiger partial charge on any atom is 0.336 e. The molecule has 128 valence electrons. The Hall–Kier alpha value is -1.89. The lowest BCUT2D eigenvalue weighted by atomic mass is 10.5. The van der Waals surface area contributed by atoms with Crippen LogP contribution in [-0.2, 0) is 19.3 Å². The zero-order chi connectivity index (χ0) is 17.6. The van der Waals surface area contributed by atoms with Gasteiger partial charge in [-0.05, 0) is 0 Å². The van der Waals surface area contributed by atoms with Gasteiger partial charge in [0, 0.05) is 6.17 Å². The first-order valence-corrected chi connectivity index (χ1v) is 10.9. The number of allylic oxidation sites excluding steroid dienone is 2. The first-order valence-electron chi connectivity index (χ1n) is 8.07. The molecule has 0 amide bonds. The Balaban J connectivity index is 3.68. The van der Waals surface area contributed by atoms with Crippen LogP contribution in [0.15, 0.2) is 39.7 Å². The molecule has 0 aliphatic rings. The standard InChI is InChI=1S/C16H27N3O3Si/c1-6-11-17-14(20)18(12-7-2)16(22)19(15(17)21)13-23(8-3,9-4)10-5/h6-7H,1-2,8-13H2,3-5H3. The Labute approximate surface area is 137 Å². The second-order valence-electron chi connectivity index (χ2n) is 5.79. The van der Waals surface area contributed by atoms with E-state index in [9.17, 15) is 14.4 Å². The van der Waals surface area contributed by atoms with Crippen LogP contribution in [-0.4, -0.2) is 21.8 Å². The molecular weight excluding hydrogens is 310 g/mol. The summed E-state index contributed by atoms with van der Waals surface area (Å²) in [6.45, 7) is 13.7. The van der Waals surface area contributed by atoms with E-state index < -0.39 is 25.1 Å². The van der Waals surface area contributed by atoms with Crippen molar-refractivity contribution in [3.8, 4) is 0 Å². The van der Waals surface area contributed by atoms with Crippen LogP contribution in [0.25, 0.3) is 0 Å². The third-order valence-corrected chi connectivity index (χ3v) is 10.2. The van der Waals surface area contributed by atoms with Crippen LogP contribution in [0.2, 0.25) is 18.1 Å². The number of hydrogen-bond donors (Lipinski definition) is 0. The van der Waals surface area contributed by atoms with Crippen molar-refractivity contribution in [2.45, 2.75) is 58.2 Å². The molecule has 0 atom stereocenters. The topological polar surface area (TPSA) is 66.0 Å². The van der Waals surface area contributed by atoms with Gasteiger partial charge in [0.1, 0.15) is 0 Å². The lowest BCUT2D eigenvalue weighted by Crippen LogP contribution is -2.57. The van der Waals surface area contributed by atoms with Gasteiger partial charge >= 0.3 is 17.1 Å². The van der Waals surface area contributed by atoms with Crippen molar-refractivity contribution in [2.24, 2.45) is 0 Å². The summed E-state index contributed by atoms with van der Waals surface area (Å²) in [6.07, 6.45) is 3.42. The van der Waals surface area contributed by atoms with Gasteiger partial charge in [-0.1, -0.05) is 51.1 Å². The lowest BCUT2D eigenvalue weighted by molar-refractivity contribution is 0.506. The first-order chi connectivity index (χ1) is 10.9. The fourth-order valence-electron chi connectivity index (χ4n) is 2.81. The van der Waals surface area contributed by atoms with Crippen LogP contribution in [0, 0.1) is 0 Å². The van der Waals surface area contributed by atoms with E-state index >= 15 is 0 Å². The summed E-state index contributed by atoms with van der Waals surface area (Å²) < 4.78 is 3.38. The van der Waals surface area contributed by atoms with E-state index in [4.69, 9.17) is 0 Å². The summed E-state index contributed by atoms with van der Waals surface area (Å²) >= 11 is 0. The van der Waals surface area contributed by atoms with Crippen molar-refractivity contribution >= 4 is 8.07 Å². The van der Waals surface area contributed by atoms with Crippen LogP contribution in [0.3, 0.4) is 0 Å². The molecule has 0 spiro atoms. The molecule has 1 aromatic rings. The highest BCUT2D eigenvalue weighted by molar-refractivity contribution is 6.78. The Morgan fingerprint density at radius 1 is 0.783 bits per heavy atom. The normalized spacial score (nSPS) is 11.4. The Morgan fingerprint density at radius 2 is 1.13 bits per heavy atom. The Morgan fingerprint density at radius 3 is 1.43 bits per heavy atom. The van der Waals surface area contributed by atoms with E-state index in [1.165, 1.54) is 16.7 Å². The molecule has 0 aromatic carbocycles. The van der Waals surface area contributed by atoms with Crippen molar-refractivity contribution in [1.82, 2.24) is 13.7 Å². The Bertz CT molecular complexity index is 682. The van der Waals surface area contributed by atoms with Gasteiger partial charge < -0.3 is 0 Å². The predicted molar refractivity (Wildman–Crippen MR) is 96.8 cm³/mol. The van der Waals surface area contributed by atoms with Gasteiger partial charge in [-0.15, -0.1) is 13.2 Å². The minimum Gasteiger partial charge on any atom is -0.248 e. The largest absolute Gasteiger partial charge is 0.336 e. The third kappa shape index (κ3) is 3.72. The molecule has 0 aliphatic carbocycles. The smallest absolute Gasteiger partial charge is 0.248 e. The summed E-state index contributed by atoms with van der Waals surface area (Å²) in [5, 5.41) is 0. The van der Waals surface area contributed by atoms with Gasteiger partial charge in [0.25, 0.3) is 0 Å². The highest BCUT2D eigenvalue weighted by atomic mass is 28.3. The molecule has 1 aromatic heterocycles. The number of aromatic nitrogens is 3. The molecule has 0 fully saturated rings. The number of nitrogens with zero attached hydrogens (tertiary/aromatic N) is 3. The third-order valence-electron chi connectivity index (χ3n) is 4.75. The zero-order valence-corrected chi connectivity index (χ0v) is 15.4. The summed E-state index contributed by atoms with van der Waals surface area (Å²) in [7, 11) is -1.75. The molecule has 0 radical (unpaired) electrons. The van der Waals surface area contributed by atoms with Gasteiger partial charge in [0.15, 0.2) is 0 Å². The van der Waals surface area contributed by atoms with Crippen LogP contribution in [0.1, 0.15) is 20.8 Å². The van der Waals surface area contributed by atoms with Crippen molar-refractivity contribution in [3.05, 3.63) is 56.8 Å². The van der Waals surface area contributed by atoms with Crippen LogP contribution in [0.4, 0.5) is 0 Å². The first kappa shape index (κ1) is 19.2. The van der Waals surface area contributed by atoms with Gasteiger partial charge in [0.05, 0.1) is 21.2 Å². The second-order valence-corrected chi connectivity index (χ2v) is 11.2. The minimum atomic E-state index is -1.75. The molecule has 1 heterocycles. The monoisotopic (exact) mass is 337 g/mol. The molecule has 0 saturated heterocycles. The van der Waals surface area contributed by atoms with E-state index in [1.54, 1.807) is 0 Å². The molecule has 1 rings (SSSR count). The highest BCUT2D eigenvalue weighted by Gasteiger charge is 2.29. The Kier molecular flexibility index (Phi) is 6.74. The number of rotatable bonds is 9. The molecule has 0 unspecified atom stereocenters. The fourth-order valence-corrected chi connectivity index (χ4v) is 5.92. The van der Waals surface area contributed by atoms with E-state index in [0.717, 1.165) is 27.3 Å². The molecule has 0 N–H and O–H groups in total. The lowest BCUT2D eigenvalue weighted by Gasteiger charge is -2.28. The molecule has 6 nitrogen and oxygen atoms in total. The van der Waals surface area contributed by atoms with Crippen LogP contribution >= 0.6 is 0 Å². The van der Waals surface area contributed by atoms with Crippen molar-refractivity contribution in [2.75, 3.05) is 0 Å². The molecule has 0 bridgehead atoms. The zero-order valence-electron chi connectivity index (χ0n) is 14.4. The van der Waals surface area contributed by atoms with Gasteiger partial charge in [-0.2, -0.15) is 0 Å². The molecule has 0 aliphatic heterocycles. The summed E-state index contributed by atoms with van der Waals surface area (Å²) in [5.74, 6) is 0. The predicted octanol–water partition coefficient (Wildman–Crippen LogP) is 1.59. The molecule has 7 heteroatoms. The quantitative estimate of drug-likeness (QED) is 0.508. The summed E-state index contributed by atoms with van der Waals surface area (Å²) in [5.41, 5.74) is -1.67. The van der Waals surface area contributed by atoms with E-state index in [-0.39, 0.29) is 13.1 Å². The second kappa shape index (κ2) is 8.10. The van der Waals surface area contributed by atoms with Gasteiger partial charge in [0.2, 0.25) is 0 Å². The SMILES string of the molecule is C=CCn1c(=O)n(CC=C)c(=O)n(C[Si](CC)(CC)CC)c1=O. The van der Waals surface area contributed by atoms with Gasteiger partial charge in [-0.25, -0.2) is 28.1 Å². The maximum atomic E-state index is 12.6. The minimum absolute atomic E-state index is 0.0913. The van der Waals surface area contributed by atoms with Crippen LogP contribution in [0.5, 0.6) is 0 Å². The van der Waals surface area contributed by atoms with E-state index in [1.807, 2.05) is 0 Å². The molecule has 23 heavy (non-hydrogen) atoms. The van der Waals surface area contributed by atoms with E-state index in [2.05, 4.69) is 33.9 Å². The van der Waals surface area contributed by atoms with Crippen molar-refractivity contribution in [1.29, 1.82) is 0 Å². The van der Waals surface area contributed by atoms with Crippen LogP contribution < -0.4 is 17.1 Å². The summed E-state index contributed by atoms with van der Waals surface area (Å²) in [6, 6.07) is 2.98. The van der Waals surface area contributed by atoms with E-state index in [0.29, 0.717) is 6.17 Å². The summed E-state index contributed by atoms with van der Waals surface area (Å²) in [4.78, 5) is 37.6. The van der Waals surface area contributed by atoms with Gasteiger partial charge in [-0.3, -0.25) is 0 Å². The maximum absolute atomic E-state index is 12.6. The average molecular weight is 337 g/mol. The van der Waals surface area contributed by atoms with Crippen molar-refractivity contribution in [3.63, 3.8) is 0 Å². The fraction of sp³-hybridized carbons (Fsp3) is 0.562.